The van der Waals surface area contributed by atoms with Crippen LogP contribution in [0.5, 0.6) is 0 Å². The maximum absolute atomic E-state index is 13.2. The Kier molecular flexibility index (Phi) is 3.43. The Morgan fingerprint density at radius 3 is 2.95 bits per heavy atom. The number of benzene rings is 1. The summed E-state index contributed by atoms with van der Waals surface area (Å²) in [5.74, 6) is -0.421. The molecule has 2 aromatic rings. The third-order valence-electron chi connectivity index (χ3n) is 3.28. The maximum Gasteiger partial charge on any atom is 0.241 e. The van der Waals surface area contributed by atoms with E-state index in [4.69, 9.17) is 0 Å². The minimum atomic E-state index is -0.392. The van der Waals surface area contributed by atoms with Crippen molar-refractivity contribution in [1.82, 2.24) is 10.3 Å². The summed E-state index contributed by atoms with van der Waals surface area (Å²) in [6, 6.07) is 9.14. The smallest absolute Gasteiger partial charge is 0.241 e. The van der Waals surface area contributed by atoms with Crippen molar-refractivity contribution in [2.24, 2.45) is 0 Å². The number of amides is 1. The molecule has 0 spiro atoms. The van der Waals surface area contributed by atoms with E-state index in [1.165, 1.54) is 6.07 Å². The predicted octanol–water partition coefficient (Wildman–Crippen LogP) is 1.86. The molecule has 4 nitrogen and oxygen atoms in total. The number of carbonyl (C=O) groups is 1. The lowest BCUT2D eigenvalue weighted by atomic mass is 10.1. The molecule has 20 heavy (non-hydrogen) atoms. The number of hydrogen-bond donors (Lipinski definition) is 1. The van der Waals surface area contributed by atoms with Crippen molar-refractivity contribution in [3.05, 3.63) is 59.7 Å². The first-order chi connectivity index (χ1) is 9.74. The van der Waals surface area contributed by atoms with Crippen LogP contribution in [0, 0.1) is 5.82 Å². The molecule has 1 aromatic heterocycles. The fourth-order valence-corrected chi connectivity index (χ4v) is 2.36. The zero-order valence-corrected chi connectivity index (χ0v) is 10.8. The number of nitrogens with one attached hydrogen (secondary N) is 1. The molecule has 0 saturated carbocycles. The molecule has 3 rings (SSSR count). The third kappa shape index (κ3) is 2.53. The average molecular weight is 271 g/mol. The topological polar surface area (TPSA) is 45.2 Å². The molecule has 0 radical (unpaired) electrons. The SMILES string of the molecule is O=C1CNCc2ccccc2N1Cc1cncc(F)c1. The number of carbonyl (C=O) groups excluding carboxylic acids is 1. The number of anilines is 1. The standard InChI is InChI=1S/C15H14FN3O/c16-13-5-11(6-17-8-13)10-19-14-4-2-1-3-12(14)7-18-9-15(19)20/h1-6,8,18H,7,9-10H2. The number of hydrogen-bond acceptors (Lipinski definition) is 3. The molecule has 1 aromatic carbocycles. The highest BCUT2D eigenvalue weighted by atomic mass is 19.1. The summed E-state index contributed by atoms with van der Waals surface area (Å²) in [5, 5.41) is 3.10. The molecule has 1 N–H and O–H groups in total. The molecular weight excluding hydrogens is 257 g/mol. The quantitative estimate of drug-likeness (QED) is 0.906. The van der Waals surface area contributed by atoms with Crippen molar-refractivity contribution in [3.8, 4) is 0 Å². The molecular formula is C15H14FN3O. The zero-order valence-electron chi connectivity index (χ0n) is 10.8. The van der Waals surface area contributed by atoms with E-state index in [9.17, 15) is 9.18 Å². The summed E-state index contributed by atoms with van der Waals surface area (Å²) in [5.41, 5.74) is 2.60. The first-order valence-electron chi connectivity index (χ1n) is 6.42. The van der Waals surface area contributed by atoms with Crippen molar-refractivity contribution >= 4 is 11.6 Å². The molecule has 5 heteroatoms. The van der Waals surface area contributed by atoms with Crippen LogP contribution in [-0.2, 0) is 17.9 Å². The Bertz CT molecular complexity index is 645. The lowest BCUT2D eigenvalue weighted by Crippen LogP contribution is -2.35. The lowest BCUT2D eigenvalue weighted by molar-refractivity contribution is -0.117. The third-order valence-corrected chi connectivity index (χ3v) is 3.28. The van der Waals surface area contributed by atoms with Gasteiger partial charge in [0.15, 0.2) is 0 Å². The van der Waals surface area contributed by atoms with Crippen LogP contribution in [0.15, 0.2) is 42.7 Å². The van der Waals surface area contributed by atoms with Gasteiger partial charge in [0.2, 0.25) is 5.91 Å². The number of fused-ring (bicyclic) bond motifs is 1. The van der Waals surface area contributed by atoms with Gasteiger partial charge in [0, 0.05) is 18.4 Å². The number of rotatable bonds is 2. The number of aromatic nitrogens is 1. The number of nitrogens with zero attached hydrogens (tertiary/aromatic N) is 2. The van der Waals surface area contributed by atoms with Crippen LogP contribution in [0.3, 0.4) is 0 Å². The minimum Gasteiger partial charge on any atom is -0.307 e. The summed E-state index contributed by atoms with van der Waals surface area (Å²) >= 11 is 0. The summed E-state index contributed by atoms with van der Waals surface area (Å²) in [6.07, 6.45) is 2.74. The lowest BCUT2D eigenvalue weighted by Gasteiger charge is -2.22. The van der Waals surface area contributed by atoms with E-state index in [1.54, 1.807) is 11.1 Å². The summed E-state index contributed by atoms with van der Waals surface area (Å²) in [4.78, 5) is 17.7. The highest BCUT2D eigenvalue weighted by Crippen LogP contribution is 2.24. The number of halogens is 1. The van der Waals surface area contributed by atoms with E-state index in [2.05, 4.69) is 10.3 Å². The molecule has 1 aliphatic rings. The van der Waals surface area contributed by atoms with Gasteiger partial charge in [-0.1, -0.05) is 18.2 Å². The Morgan fingerprint density at radius 1 is 1.25 bits per heavy atom. The molecule has 0 saturated heterocycles. The molecule has 102 valence electrons. The maximum atomic E-state index is 13.2. The van der Waals surface area contributed by atoms with E-state index < -0.39 is 5.82 Å². The van der Waals surface area contributed by atoms with Gasteiger partial charge in [0.05, 0.1) is 19.3 Å². The highest BCUT2D eigenvalue weighted by molar-refractivity contribution is 5.96. The molecule has 0 bridgehead atoms. The summed E-state index contributed by atoms with van der Waals surface area (Å²) in [6.45, 7) is 1.25. The zero-order chi connectivity index (χ0) is 13.9. The van der Waals surface area contributed by atoms with Crippen LogP contribution in [0.1, 0.15) is 11.1 Å². The Balaban J connectivity index is 1.96. The van der Waals surface area contributed by atoms with Crippen LogP contribution in [-0.4, -0.2) is 17.4 Å². The van der Waals surface area contributed by atoms with Gasteiger partial charge in [-0.15, -0.1) is 0 Å². The second kappa shape index (κ2) is 5.38. The molecule has 0 fully saturated rings. The Labute approximate surface area is 116 Å². The van der Waals surface area contributed by atoms with Crippen molar-refractivity contribution in [2.45, 2.75) is 13.1 Å². The van der Waals surface area contributed by atoms with Gasteiger partial charge in [-0.05, 0) is 23.3 Å². The van der Waals surface area contributed by atoms with Gasteiger partial charge in [-0.3, -0.25) is 9.78 Å². The molecule has 2 heterocycles. The van der Waals surface area contributed by atoms with Gasteiger partial charge in [0.1, 0.15) is 5.82 Å². The van der Waals surface area contributed by atoms with Crippen LogP contribution < -0.4 is 10.2 Å². The van der Waals surface area contributed by atoms with Crippen molar-refractivity contribution in [3.63, 3.8) is 0 Å². The highest BCUT2D eigenvalue weighted by Gasteiger charge is 2.21. The molecule has 0 aliphatic carbocycles. The molecule has 0 atom stereocenters. The fraction of sp³-hybridized carbons (Fsp3) is 0.200. The number of para-hydroxylation sites is 1. The summed E-state index contributed by atoms with van der Waals surface area (Å²) in [7, 11) is 0. The van der Waals surface area contributed by atoms with Crippen molar-refractivity contribution < 1.29 is 9.18 Å². The summed E-state index contributed by atoms with van der Waals surface area (Å²) < 4.78 is 13.2. The van der Waals surface area contributed by atoms with Gasteiger partial charge < -0.3 is 10.2 Å². The molecule has 1 amide bonds. The van der Waals surface area contributed by atoms with Crippen LogP contribution in [0.4, 0.5) is 10.1 Å². The van der Waals surface area contributed by atoms with Crippen LogP contribution in [0.2, 0.25) is 0 Å². The van der Waals surface area contributed by atoms with E-state index in [-0.39, 0.29) is 12.5 Å². The Morgan fingerprint density at radius 2 is 2.10 bits per heavy atom. The normalized spacial score (nSPS) is 14.8. The van der Waals surface area contributed by atoms with Crippen LogP contribution >= 0.6 is 0 Å². The van der Waals surface area contributed by atoms with Gasteiger partial charge in [0.25, 0.3) is 0 Å². The molecule has 1 aliphatic heterocycles. The average Bonchev–Trinajstić information content (AvgIpc) is 2.59. The van der Waals surface area contributed by atoms with E-state index >= 15 is 0 Å². The van der Waals surface area contributed by atoms with E-state index in [0.717, 1.165) is 17.4 Å². The van der Waals surface area contributed by atoms with Gasteiger partial charge in [-0.2, -0.15) is 0 Å². The second-order valence-electron chi connectivity index (χ2n) is 4.72. The molecule has 0 unspecified atom stereocenters. The number of pyridine rings is 1. The van der Waals surface area contributed by atoms with Crippen LogP contribution in [0.25, 0.3) is 0 Å². The van der Waals surface area contributed by atoms with Crippen molar-refractivity contribution in [2.75, 3.05) is 11.4 Å². The monoisotopic (exact) mass is 271 g/mol. The largest absolute Gasteiger partial charge is 0.307 e. The van der Waals surface area contributed by atoms with E-state index in [1.807, 2.05) is 24.3 Å². The predicted molar refractivity (Wildman–Crippen MR) is 73.5 cm³/mol. The van der Waals surface area contributed by atoms with E-state index in [0.29, 0.717) is 18.7 Å². The first-order valence-corrected chi connectivity index (χ1v) is 6.42. The van der Waals surface area contributed by atoms with Gasteiger partial charge in [-0.25, -0.2) is 4.39 Å². The Hall–Kier alpha value is -2.27. The first kappa shape index (κ1) is 12.7. The van der Waals surface area contributed by atoms with Crippen molar-refractivity contribution in [1.29, 1.82) is 0 Å². The minimum absolute atomic E-state index is 0.0285. The second-order valence-corrected chi connectivity index (χ2v) is 4.72. The van der Waals surface area contributed by atoms with Gasteiger partial charge >= 0.3 is 0 Å². The fourth-order valence-electron chi connectivity index (χ4n) is 2.36.